The van der Waals surface area contributed by atoms with Crippen LogP contribution in [-0.2, 0) is 9.59 Å². The highest BCUT2D eigenvalue weighted by Crippen LogP contribution is 2.43. The molecule has 0 bridgehead atoms. The van der Waals surface area contributed by atoms with Crippen LogP contribution in [0, 0.1) is 6.92 Å². The lowest BCUT2D eigenvalue weighted by molar-refractivity contribution is -0.117. The first kappa shape index (κ1) is 17.4. The molecule has 0 saturated heterocycles. The van der Waals surface area contributed by atoms with E-state index in [1.54, 1.807) is 23.6 Å². The van der Waals surface area contributed by atoms with Crippen LogP contribution in [0.4, 0.5) is 11.4 Å². The van der Waals surface area contributed by atoms with Crippen molar-refractivity contribution in [2.75, 3.05) is 16.8 Å². The summed E-state index contributed by atoms with van der Waals surface area (Å²) in [5.74, 6) is 0.615. The van der Waals surface area contributed by atoms with E-state index in [0.717, 1.165) is 21.8 Å². The Balaban J connectivity index is 1.70. The van der Waals surface area contributed by atoms with Gasteiger partial charge >= 0.3 is 0 Å². The van der Waals surface area contributed by atoms with Gasteiger partial charge < -0.3 is 10.1 Å². The molecule has 0 aromatic heterocycles. The second-order valence-corrected chi connectivity index (χ2v) is 7.12. The molecular weight excluding hydrogens is 336 g/mol. The molecule has 25 heavy (non-hydrogen) atoms. The number of carbonyl (C=O) groups excluding carboxylic acids is 2. The van der Waals surface area contributed by atoms with Crippen molar-refractivity contribution in [3.8, 4) is 5.75 Å². The Hall–Kier alpha value is -2.47. The molecule has 0 saturated carbocycles. The van der Waals surface area contributed by atoms with Gasteiger partial charge in [-0.3, -0.25) is 14.5 Å². The number of thioether (sulfide) groups is 1. The molecule has 1 unspecified atom stereocenters. The van der Waals surface area contributed by atoms with E-state index >= 15 is 0 Å². The molecule has 1 aliphatic heterocycles. The third-order valence-electron chi connectivity index (χ3n) is 3.92. The molecule has 1 atom stereocenters. The summed E-state index contributed by atoms with van der Waals surface area (Å²) in [6, 6.07) is 13.4. The molecular formula is C19H20N2O3S. The SMILES string of the molecule is CC(=O)Nc1ccc(OCC2Sc3ccccc3N2C(C)=O)cc1C. The Bertz CT molecular complexity index is 822. The number of ether oxygens (including phenoxy) is 1. The van der Waals surface area contributed by atoms with Crippen molar-refractivity contribution in [3.05, 3.63) is 48.0 Å². The van der Waals surface area contributed by atoms with Gasteiger partial charge in [0.25, 0.3) is 0 Å². The smallest absolute Gasteiger partial charge is 0.224 e. The number of fused-ring (bicyclic) bond motifs is 1. The predicted molar refractivity (Wildman–Crippen MR) is 100 cm³/mol. The second-order valence-electron chi connectivity index (χ2n) is 5.90. The van der Waals surface area contributed by atoms with Gasteiger partial charge in [-0.05, 0) is 42.8 Å². The molecule has 0 aliphatic carbocycles. The summed E-state index contributed by atoms with van der Waals surface area (Å²) in [6.07, 6.45) is 0. The minimum atomic E-state index is -0.103. The molecule has 0 radical (unpaired) electrons. The van der Waals surface area contributed by atoms with E-state index in [4.69, 9.17) is 4.74 Å². The van der Waals surface area contributed by atoms with Crippen molar-refractivity contribution in [3.63, 3.8) is 0 Å². The Morgan fingerprint density at radius 1 is 1.20 bits per heavy atom. The first-order valence-corrected chi connectivity index (χ1v) is 8.90. The van der Waals surface area contributed by atoms with Gasteiger partial charge in [-0.25, -0.2) is 0 Å². The van der Waals surface area contributed by atoms with E-state index < -0.39 is 0 Å². The van der Waals surface area contributed by atoms with Crippen molar-refractivity contribution in [1.82, 2.24) is 0 Å². The lowest BCUT2D eigenvalue weighted by Gasteiger charge is -2.23. The molecule has 2 aromatic carbocycles. The van der Waals surface area contributed by atoms with Crippen LogP contribution < -0.4 is 15.0 Å². The second kappa shape index (κ2) is 7.19. The maximum absolute atomic E-state index is 12.0. The molecule has 5 nitrogen and oxygen atoms in total. The first-order valence-electron chi connectivity index (χ1n) is 8.02. The number of hydrogen-bond acceptors (Lipinski definition) is 4. The lowest BCUT2D eigenvalue weighted by Crippen LogP contribution is -2.37. The van der Waals surface area contributed by atoms with Gasteiger partial charge in [0.15, 0.2) is 0 Å². The predicted octanol–water partition coefficient (Wildman–Crippen LogP) is 3.82. The molecule has 1 N–H and O–H groups in total. The monoisotopic (exact) mass is 356 g/mol. The number of aryl methyl sites for hydroxylation is 1. The van der Waals surface area contributed by atoms with Crippen molar-refractivity contribution >= 4 is 35.0 Å². The summed E-state index contributed by atoms with van der Waals surface area (Å²) >= 11 is 1.63. The maximum Gasteiger partial charge on any atom is 0.224 e. The standard InChI is InChI=1S/C19H20N2O3S/c1-12-10-15(8-9-16(12)20-13(2)22)24-11-19-21(14(3)23)17-6-4-5-7-18(17)25-19/h4-10,19H,11H2,1-3H3,(H,20,22). The molecule has 2 aromatic rings. The minimum absolute atomic E-state index is 0.00300. The number of nitrogens with one attached hydrogen (secondary N) is 1. The quantitative estimate of drug-likeness (QED) is 0.905. The van der Waals surface area contributed by atoms with Crippen molar-refractivity contribution < 1.29 is 14.3 Å². The molecule has 0 spiro atoms. The summed E-state index contributed by atoms with van der Waals surface area (Å²) in [5.41, 5.74) is 2.64. The third kappa shape index (κ3) is 3.79. The fourth-order valence-electron chi connectivity index (χ4n) is 2.81. The summed E-state index contributed by atoms with van der Waals surface area (Å²) in [4.78, 5) is 26.1. The normalized spacial score (nSPS) is 15.6. The Morgan fingerprint density at radius 3 is 2.64 bits per heavy atom. The topological polar surface area (TPSA) is 58.6 Å². The van der Waals surface area contributed by atoms with Crippen LogP contribution in [0.2, 0.25) is 0 Å². The minimum Gasteiger partial charge on any atom is -0.490 e. The highest BCUT2D eigenvalue weighted by Gasteiger charge is 2.33. The first-order chi connectivity index (χ1) is 12.0. The van der Waals surface area contributed by atoms with E-state index in [1.807, 2.05) is 49.4 Å². The van der Waals surface area contributed by atoms with Gasteiger partial charge in [0.2, 0.25) is 11.8 Å². The van der Waals surface area contributed by atoms with Crippen LogP contribution >= 0.6 is 11.8 Å². The van der Waals surface area contributed by atoms with Crippen molar-refractivity contribution in [1.29, 1.82) is 0 Å². The molecule has 130 valence electrons. The van der Waals surface area contributed by atoms with Crippen molar-refractivity contribution in [2.24, 2.45) is 0 Å². The maximum atomic E-state index is 12.0. The zero-order valence-electron chi connectivity index (χ0n) is 14.4. The molecule has 0 fully saturated rings. The van der Waals surface area contributed by atoms with E-state index in [2.05, 4.69) is 5.32 Å². The van der Waals surface area contributed by atoms with Crippen LogP contribution in [0.1, 0.15) is 19.4 Å². The number of carbonyl (C=O) groups is 2. The van der Waals surface area contributed by atoms with Crippen LogP contribution in [0.3, 0.4) is 0 Å². The summed E-state index contributed by atoms with van der Waals surface area (Å²) in [5, 5.41) is 2.69. The van der Waals surface area contributed by atoms with Gasteiger partial charge in [-0.1, -0.05) is 23.9 Å². The number of amides is 2. The molecule has 1 aliphatic rings. The number of anilines is 2. The van der Waals surface area contributed by atoms with Crippen molar-refractivity contribution in [2.45, 2.75) is 31.0 Å². The number of nitrogens with zero attached hydrogens (tertiary/aromatic N) is 1. The molecule has 2 amide bonds. The number of benzene rings is 2. The van der Waals surface area contributed by atoms with E-state index in [9.17, 15) is 9.59 Å². The average molecular weight is 356 g/mol. The van der Waals surface area contributed by atoms with Gasteiger partial charge in [0.1, 0.15) is 17.7 Å². The third-order valence-corrected chi connectivity index (χ3v) is 5.13. The van der Waals surface area contributed by atoms with Crippen LogP contribution in [0.25, 0.3) is 0 Å². The average Bonchev–Trinajstić information content (AvgIpc) is 2.93. The molecule has 1 heterocycles. The number of para-hydroxylation sites is 1. The number of hydrogen-bond donors (Lipinski definition) is 1. The van der Waals surface area contributed by atoms with Crippen LogP contribution in [0.15, 0.2) is 47.4 Å². The van der Waals surface area contributed by atoms with E-state index in [0.29, 0.717) is 12.4 Å². The summed E-state index contributed by atoms with van der Waals surface area (Å²) in [6.45, 7) is 5.36. The van der Waals surface area contributed by atoms with Gasteiger partial charge in [0, 0.05) is 24.4 Å². The van der Waals surface area contributed by atoms with Gasteiger partial charge in [0.05, 0.1) is 5.69 Å². The molecule has 6 heteroatoms. The Morgan fingerprint density at radius 2 is 1.96 bits per heavy atom. The largest absolute Gasteiger partial charge is 0.490 e. The van der Waals surface area contributed by atoms with E-state index in [1.165, 1.54) is 6.92 Å². The Labute approximate surface area is 151 Å². The summed E-state index contributed by atoms with van der Waals surface area (Å²) < 4.78 is 5.91. The fourth-order valence-corrected chi connectivity index (χ4v) is 4.06. The van der Waals surface area contributed by atoms with E-state index in [-0.39, 0.29) is 17.2 Å². The van der Waals surface area contributed by atoms with Crippen LogP contribution in [-0.4, -0.2) is 23.8 Å². The zero-order chi connectivity index (χ0) is 18.0. The van der Waals surface area contributed by atoms with Gasteiger partial charge in [-0.2, -0.15) is 0 Å². The van der Waals surface area contributed by atoms with Gasteiger partial charge in [-0.15, -0.1) is 0 Å². The highest BCUT2D eigenvalue weighted by molar-refractivity contribution is 8.00. The fraction of sp³-hybridized carbons (Fsp3) is 0.263. The zero-order valence-corrected chi connectivity index (χ0v) is 15.2. The van der Waals surface area contributed by atoms with Crippen LogP contribution in [0.5, 0.6) is 5.75 Å². The number of rotatable bonds is 4. The Kier molecular flexibility index (Phi) is 4.99. The summed E-state index contributed by atoms with van der Waals surface area (Å²) in [7, 11) is 0. The molecule has 3 rings (SSSR count). The lowest BCUT2D eigenvalue weighted by atomic mass is 10.2. The highest BCUT2D eigenvalue weighted by atomic mass is 32.2.